The van der Waals surface area contributed by atoms with Crippen LogP contribution in [0, 0.1) is 0 Å². The number of rotatable bonds is 8. The van der Waals surface area contributed by atoms with Gasteiger partial charge < -0.3 is 5.73 Å². The minimum Gasteiger partial charge on any atom is -0.370 e. The summed E-state index contributed by atoms with van der Waals surface area (Å²) in [6.07, 6.45) is 10.6. The molecule has 1 aromatic carbocycles. The first-order valence-corrected chi connectivity index (χ1v) is 9.56. The third-order valence-corrected chi connectivity index (χ3v) is 5.03. The number of amides is 1. The van der Waals surface area contributed by atoms with Crippen molar-refractivity contribution in [3.05, 3.63) is 59.7 Å². The van der Waals surface area contributed by atoms with Crippen LogP contribution < -0.4 is 5.73 Å². The highest BCUT2D eigenvalue weighted by Gasteiger charge is 2.18. The molecule has 1 saturated carbocycles. The zero-order valence-electron chi connectivity index (χ0n) is 15.3. The summed E-state index contributed by atoms with van der Waals surface area (Å²) in [5.41, 5.74) is 7.63. The highest BCUT2D eigenvalue weighted by molar-refractivity contribution is 5.73. The van der Waals surface area contributed by atoms with Crippen molar-refractivity contribution < 1.29 is 4.79 Å². The molecule has 1 fully saturated rings. The Morgan fingerprint density at radius 2 is 1.65 bits per heavy atom. The van der Waals surface area contributed by atoms with Gasteiger partial charge in [-0.05, 0) is 18.4 Å². The molecular weight excluding hydrogens is 324 g/mol. The lowest BCUT2D eigenvalue weighted by atomic mass is 9.89. The number of hydrogen-bond donors (Lipinski definition) is 1. The van der Waals surface area contributed by atoms with Crippen LogP contribution in [0.2, 0.25) is 0 Å². The molecule has 0 unspecified atom stereocenters. The molecule has 0 bridgehead atoms. The van der Waals surface area contributed by atoms with E-state index >= 15 is 0 Å². The van der Waals surface area contributed by atoms with Crippen molar-refractivity contribution in [1.29, 1.82) is 0 Å². The Hall–Kier alpha value is -2.27. The van der Waals surface area contributed by atoms with Gasteiger partial charge in [-0.15, -0.1) is 0 Å². The van der Waals surface area contributed by atoms with E-state index in [4.69, 9.17) is 5.73 Å². The summed E-state index contributed by atoms with van der Waals surface area (Å²) in [5, 5.41) is 0. The van der Waals surface area contributed by atoms with Gasteiger partial charge in [-0.3, -0.25) is 9.69 Å². The van der Waals surface area contributed by atoms with Crippen LogP contribution in [0.4, 0.5) is 0 Å². The monoisotopic (exact) mass is 352 g/mol. The van der Waals surface area contributed by atoms with Crippen molar-refractivity contribution in [2.45, 2.75) is 57.5 Å². The normalized spacial score (nSPS) is 15.3. The Morgan fingerprint density at radius 3 is 2.31 bits per heavy atom. The van der Waals surface area contributed by atoms with Crippen LogP contribution in [0.15, 0.2) is 42.7 Å². The Bertz CT molecular complexity index is 681. The average molecular weight is 352 g/mol. The van der Waals surface area contributed by atoms with Crippen LogP contribution in [0.5, 0.6) is 0 Å². The second-order valence-electron chi connectivity index (χ2n) is 7.20. The molecule has 1 aliphatic carbocycles. The van der Waals surface area contributed by atoms with Crippen molar-refractivity contribution in [2.75, 3.05) is 6.54 Å². The molecule has 1 aromatic heterocycles. The van der Waals surface area contributed by atoms with Gasteiger partial charge in [0.25, 0.3) is 0 Å². The first-order valence-electron chi connectivity index (χ1n) is 9.56. The fourth-order valence-electron chi connectivity index (χ4n) is 3.60. The van der Waals surface area contributed by atoms with E-state index in [1.807, 2.05) is 30.6 Å². The lowest BCUT2D eigenvalue weighted by Gasteiger charge is -2.23. The lowest BCUT2D eigenvalue weighted by Crippen LogP contribution is -2.27. The molecule has 5 heteroatoms. The molecule has 0 radical (unpaired) electrons. The van der Waals surface area contributed by atoms with Gasteiger partial charge in [-0.1, -0.05) is 49.6 Å². The van der Waals surface area contributed by atoms with Crippen LogP contribution >= 0.6 is 0 Å². The number of carbonyl (C=O) groups is 1. The van der Waals surface area contributed by atoms with Crippen molar-refractivity contribution in [3.63, 3.8) is 0 Å². The fraction of sp³-hybridized carbons (Fsp3) is 0.476. The molecule has 26 heavy (non-hydrogen) atoms. The zero-order chi connectivity index (χ0) is 18.2. The summed E-state index contributed by atoms with van der Waals surface area (Å²) in [6.45, 7) is 2.13. The van der Waals surface area contributed by atoms with Crippen molar-refractivity contribution in [3.8, 4) is 0 Å². The molecule has 5 nitrogen and oxygen atoms in total. The van der Waals surface area contributed by atoms with E-state index in [0.29, 0.717) is 25.4 Å². The maximum atomic E-state index is 11.2. The van der Waals surface area contributed by atoms with E-state index in [1.165, 1.54) is 37.7 Å². The molecule has 3 rings (SSSR count). The molecular formula is C21H28N4O. The van der Waals surface area contributed by atoms with Gasteiger partial charge in [0.15, 0.2) is 0 Å². The van der Waals surface area contributed by atoms with Crippen molar-refractivity contribution in [1.82, 2.24) is 14.9 Å². The fourth-order valence-corrected chi connectivity index (χ4v) is 3.60. The van der Waals surface area contributed by atoms with E-state index < -0.39 is 0 Å². The maximum Gasteiger partial charge on any atom is 0.218 e. The van der Waals surface area contributed by atoms with Crippen LogP contribution in [0.1, 0.15) is 61.4 Å². The minimum absolute atomic E-state index is 0.271. The van der Waals surface area contributed by atoms with Gasteiger partial charge in [0.2, 0.25) is 5.91 Å². The molecule has 0 saturated heterocycles. The maximum absolute atomic E-state index is 11.2. The summed E-state index contributed by atoms with van der Waals surface area (Å²) in [6, 6.07) is 10.3. The van der Waals surface area contributed by atoms with Crippen LogP contribution in [-0.4, -0.2) is 27.3 Å². The number of hydrogen-bond acceptors (Lipinski definition) is 4. The van der Waals surface area contributed by atoms with Crippen LogP contribution in [0.3, 0.4) is 0 Å². The second-order valence-corrected chi connectivity index (χ2v) is 7.20. The number of nitrogens with two attached hydrogens (primary N) is 1. The largest absolute Gasteiger partial charge is 0.370 e. The van der Waals surface area contributed by atoms with Gasteiger partial charge in [-0.2, -0.15) is 0 Å². The number of benzene rings is 1. The molecule has 138 valence electrons. The zero-order valence-corrected chi connectivity index (χ0v) is 15.3. The smallest absolute Gasteiger partial charge is 0.218 e. The predicted molar refractivity (Wildman–Crippen MR) is 102 cm³/mol. The Balaban J connectivity index is 1.64. The van der Waals surface area contributed by atoms with Gasteiger partial charge in [-0.25, -0.2) is 9.97 Å². The first kappa shape index (κ1) is 18.5. The second kappa shape index (κ2) is 9.43. The molecule has 1 aliphatic rings. The Labute approximate surface area is 155 Å². The van der Waals surface area contributed by atoms with Gasteiger partial charge >= 0.3 is 0 Å². The molecule has 1 heterocycles. The van der Waals surface area contributed by atoms with Gasteiger partial charge in [0, 0.05) is 49.9 Å². The van der Waals surface area contributed by atoms with E-state index in [0.717, 1.165) is 17.9 Å². The Kier molecular flexibility index (Phi) is 6.72. The van der Waals surface area contributed by atoms with Gasteiger partial charge in [0.05, 0.1) is 0 Å². The standard InChI is InChI=1S/C21H28N4O/c22-20(26)11-12-25(15-17-7-3-1-4-8-17)16-18-13-23-21(24-14-18)19-9-5-2-6-10-19/h1,3-4,7-8,13-14,19H,2,5-6,9-12,15-16H2,(H2,22,26). The average Bonchev–Trinajstić information content (AvgIpc) is 2.68. The predicted octanol–water partition coefficient (Wildman–Crippen LogP) is 3.40. The molecule has 0 spiro atoms. The highest BCUT2D eigenvalue weighted by Crippen LogP contribution is 2.30. The molecule has 0 atom stereocenters. The molecule has 2 N–H and O–H groups in total. The minimum atomic E-state index is -0.271. The molecule has 0 aliphatic heterocycles. The number of aromatic nitrogens is 2. The summed E-state index contributed by atoms with van der Waals surface area (Å²) >= 11 is 0. The number of primary amides is 1. The number of carbonyl (C=O) groups excluding carboxylic acids is 1. The van der Waals surface area contributed by atoms with Gasteiger partial charge in [0.1, 0.15) is 5.82 Å². The van der Waals surface area contributed by atoms with E-state index in [9.17, 15) is 4.79 Å². The van der Waals surface area contributed by atoms with Crippen molar-refractivity contribution >= 4 is 5.91 Å². The van der Waals surface area contributed by atoms with Crippen molar-refractivity contribution in [2.24, 2.45) is 5.73 Å². The molecule has 2 aromatic rings. The first-order chi connectivity index (χ1) is 12.7. The van der Waals surface area contributed by atoms with E-state index in [1.54, 1.807) is 0 Å². The van der Waals surface area contributed by atoms with E-state index in [2.05, 4.69) is 27.0 Å². The van der Waals surface area contributed by atoms with E-state index in [-0.39, 0.29) is 5.91 Å². The van der Waals surface area contributed by atoms with Crippen LogP contribution in [0.25, 0.3) is 0 Å². The highest BCUT2D eigenvalue weighted by atomic mass is 16.1. The topological polar surface area (TPSA) is 72.1 Å². The lowest BCUT2D eigenvalue weighted by molar-refractivity contribution is -0.118. The quantitative estimate of drug-likeness (QED) is 0.790. The Morgan fingerprint density at radius 1 is 1.00 bits per heavy atom. The summed E-state index contributed by atoms with van der Waals surface area (Å²) in [7, 11) is 0. The summed E-state index contributed by atoms with van der Waals surface area (Å²) < 4.78 is 0. The SMILES string of the molecule is NC(=O)CCN(Cc1ccccc1)Cc1cnc(C2CCCCC2)nc1. The van der Waals surface area contributed by atoms with Crippen LogP contribution in [-0.2, 0) is 17.9 Å². The third kappa shape index (κ3) is 5.63. The molecule has 1 amide bonds. The third-order valence-electron chi connectivity index (χ3n) is 5.03. The summed E-state index contributed by atoms with van der Waals surface area (Å²) in [4.78, 5) is 22.7. The summed E-state index contributed by atoms with van der Waals surface area (Å²) in [5.74, 6) is 1.24. The number of nitrogens with zero attached hydrogens (tertiary/aromatic N) is 3.